The van der Waals surface area contributed by atoms with Crippen molar-refractivity contribution in [3.8, 4) is 28.3 Å². The molecule has 0 aliphatic rings. The zero-order valence-corrected chi connectivity index (χ0v) is 17.0. The van der Waals surface area contributed by atoms with Crippen molar-refractivity contribution in [2.24, 2.45) is 0 Å². The molecule has 0 saturated heterocycles. The van der Waals surface area contributed by atoms with Crippen LogP contribution < -0.4 is 4.74 Å². The van der Waals surface area contributed by atoms with Crippen molar-refractivity contribution in [1.82, 2.24) is 30.6 Å². The first kappa shape index (κ1) is 19.4. The van der Waals surface area contributed by atoms with E-state index < -0.39 is 5.97 Å². The summed E-state index contributed by atoms with van der Waals surface area (Å²) in [5, 5.41) is 23.6. The van der Waals surface area contributed by atoms with Crippen LogP contribution in [0.4, 0.5) is 0 Å². The Bertz CT molecular complexity index is 1430. The van der Waals surface area contributed by atoms with Crippen LogP contribution in [0.5, 0.6) is 5.75 Å². The van der Waals surface area contributed by atoms with Crippen molar-refractivity contribution < 1.29 is 14.6 Å². The Labute approximate surface area is 182 Å². The van der Waals surface area contributed by atoms with E-state index in [0.29, 0.717) is 34.9 Å². The van der Waals surface area contributed by atoms with E-state index >= 15 is 0 Å². The summed E-state index contributed by atoms with van der Waals surface area (Å²) in [6.45, 7) is 0. The molecular formula is C23H18N6O3. The Kier molecular flexibility index (Phi) is 4.83. The average Bonchev–Trinajstić information content (AvgIpc) is 3.48. The van der Waals surface area contributed by atoms with E-state index in [1.54, 1.807) is 25.3 Å². The number of rotatable bonds is 6. The van der Waals surface area contributed by atoms with Gasteiger partial charge in [0.1, 0.15) is 11.6 Å². The Hall–Kier alpha value is -4.53. The van der Waals surface area contributed by atoms with Crippen LogP contribution in [0, 0.1) is 0 Å². The Balaban J connectivity index is 1.51. The highest BCUT2D eigenvalue weighted by molar-refractivity contribution is 6.00. The van der Waals surface area contributed by atoms with Crippen LogP contribution in [0.3, 0.4) is 0 Å². The second-order valence-electron chi connectivity index (χ2n) is 7.20. The molecule has 9 nitrogen and oxygen atoms in total. The smallest absolute Gasteiger partial charge is 0.337 e. The molecule has 9 heteroatoms. The second-order valence-corrected chi connectivity index (χ2v) is 7.20. The molecule has 0 spiro atoms. The van der Waals surface area contributed by atoms with Gasteiger partial charge in [0, 0.05) is 17.5 Å². The number of fused-ring (bicyclic) bond motifs is 1. The lowest BCUT2D eigenvalue weighted by atomic mass is 9.96. The number of carbonyl (C=O) groups is 1. The summed E-state index contributed by atoms with van der Waals surface area (Å²) in [5.74, 6) is 0.960. The number of nitrogens with zero attached hydrogens (tertiary/aromatic N) is 4. The van der Waals surface area contributed by atoms with Crippen molar-refractivity contribution in [3.63, 3.8) is 0 Å². The normalized spacial score (nSPS) is 11.0. The molecule has 32 heavy (non-hydrogen) atoms. The number of benzene rings is 3. The van der Waals surface area contributed by atoms with Gasteiger partial charge in [-0.1, -0.05) is 42.5 Å². The predicted octanol–water partition coefficient (Wildman–Crippen LogP) is 3.71. The third-order valence-corrected chi connectivity index (χ3v) is 5.25. The zero-order chi connectivity index (χ0) is 22.1. The predicted molar refractivity (Wildman–Crippen MR) is 117 cm³/mol. The van der Waals surface area contributed by atoms with Crippen LogP contribution in [0.1, 0.15) is 21.7 Å². The number of tetrazole rings is 1. The summed E-state index contributed by atoms with van der Waals surface area (Å²) < 4.78 is 5.69. The minimum Gasteiger partial charge on any atom is -0.496 e. The van der Waals surface area contributed by atoms with Gasteiger partial charge in [0.25, 0.3) is 0 Å². The van der Waals surface area contributed by atoms with E-state index in [9.17, 15) is 9.90 Å². The molecule has 0 atom stereocenters. The fourth-order valence-corrected chi connectivity index (χ4v) is 3.80. The molecule has 5 aromatic rings. The third-order valence-electron chi connectivity index (χ3n) is 5.25. The quantitative estimate of drug-likeness (QED) is 0.377. The number of aromatic amines is 2. The third kappa shape index (κ3) is 3.45. The van der Waals surface area contributed by atoms with Gasteiger partial charge < -0.3 is 14.8 Å². The molecule has 5 rings (SSSR count). The first-order valence-electron chi connectivity index (χ1n) is 9.85. The van der Waals surface area contributed by atoms with Gasteiger partial charge in [-0.2, -0.15) is 0 Å². The first-order chi connectivity index (χ1) is 15.6. The number of para-hydroxylation sites is 1. The van der Waals surface area contributed by atoms with Crippen LogP contribution in [0.2, 0.25) is 0 Å². The number of imidazole rings is 1. The molecule has 0 bridgehead atoms. The van der Waals surface area contributed by atoms with Crippen molar-refractivity contribution >= 4 is 17.0 Å². The number of aromatic nitrogens is 6. The van der Waals surface area contributed by atoms with E-state index in [0.717, 1.165) is 22.3 Å². The highest BCUT2D eigenvalue weighted by Crippen LogP contribution is 2.36. The number of hydrogen-bond acceptors (Lipinski definition) is 6. The van der Waals surface area contributed by atoms with Gasteiger partial charge in [-0.3, -0.25) is 0 Å². The van der Waals surface area contributed by atoms with Gasteiger partial charge in [0.15, 0.2) is 5.82 Å². The Morgan fingerprint density at radius 2 is 1.88 bits per heavy atom. The average molecular weight is 426 g/mol. The molecule has 3 aromatic carbocycles. The van der Waals surface area contributed by atoms with E-state index in [4.69, 9.17) is 4.74 Å². The molecule has 158 valence electrons. The van der Waals surface area contributed by atoms with Crippen molar-refractivity contribution in [2.75, 3.05) is 7.11 Å². The molecule has 0 aliphatic heterocycles. The Morgan fingerprint density at radius 1 is 1.03 bits per heavy atom. The molecule has 0 fully saturated rings. The molecule has 0 unspecified atom stereocenters. The minimum absolute atomic E-state index is 0.202. The van der Waals surface area contributed by atoms with E-state index in [-0.39, 0.29) is 5.56 Å². The van der Waals surface area contributed by atoms with Crippen LogP contribution in [0.15, 0.2) is 60.7 Å². The van der Waals surface area contributed by atoms with E-state index in [1.807, 2.05) is 42.5 Å². The molecular weight excluding hydrogens is 408 g/mol. The standard InChI is InChI=1S/C23H18N6O3/c1-32-19-11-13(12-20-24-18-8-4-7-17(23(30)31)21(18)25-20)9-10-15(19)14-5-2-3-6-16(14)22-26-28-29-27-22/h2-11H,12H2,1H3,(H,24,25)(H,30,31)(H,26,27,28,29). The summed E-state index contributed by atoms with van der Waals surface area (Å²) in [4.78, 5) is 19.2. The SMILES string of the molecule is COc1cc(Cc2nc3cccc(C(=O)O)c3[nH]2)ccc1-c1ccccc1-c1nnn[nH]1. The monoisotopic (exact) mass is 426 g/mol. The minimum atomic E-state index is -0.988. The summed E-state index contributed by atoms with van der Waals surface area (Å²) in [6, 6.07) is 18.8. The first-order valence-corrected chi connectivity index (χ1v) is 9.85. The highest BCUT2D eigenvalue weighted by atomic mass is 16.5. The number of carboxylic acids is 1. The maximum atomic E-state index is 11.5. The van der Waals surface area contributed by atoms with Gasteiger partial charge >= 0.3 is 5.97 Å². The van der Waals surface area contributed by atoms with Crippen LogP contribution >= 0.6 is 0 Å². The fraction of sp³-hybridized carbons (Fsp3) is 0.0870. The summed E-state index contributed by atoms with van der Waals surface area (Å²) in [5.41, 5.74) is 5.02. The molecule has 2 heterocycles. The molecule has 0 aliphatic carbocycles. The topological polar surface area (TPSA) is 130 Å². The number of hydrogen-bond donors (Lipinski definition) is 3. The highest BCUT2D eigenvalue weighted by Gasteiger charge is 2.16. The van der Waals surface area contributed by atoms with E-state index in [2.05, 4.69) is 30.6 Å². The molecule has 0 amide bonds. The Morgan fingerprint density at radius 3 is 2.62 bits per heavy atom. The molecule has 0 saturated carbocycles. The second kappa shape index (κ2) is 7.95. The summed E-state index contributed by atoms with van der Waals surface area (Å²) >= 11 is 0. The van der Waals surface area contributed by atoms with Crippen molar-refractivity contribution in [1.29, 1.82) is 0 Å². The van der Waals surface area contributed by atoms with Gasteiger partial charge in [-0.15, -0.1) is 5.10 Å². The molecule has 2 aromatic heterocycles. The van der Waals surface area contributed by atoms with Crippen LogP contribution in [0.25, 0.3) is 33.5 Å². The molecule has 0 radical (unpaired) electrons. The number of aromatic carboxylic acids is 1. The zero-order valence-electron chi connectivity index (χ0n) is 17.0. The van der Waals surface area contributed by atoms with Gasteiger partial charge in [0.2, 0.25) is 0 Å². The number of nitrogens with one attached hydrogen (secondary N) is 2. The summed E-state index contributed by atoms with van der Waals surface area (Å²) in [7, 11) is 1.63. The van der Waals surface area contributed by atoms with Crippen LogP contribution in [-0.2, 0) is 6.42 Å². The molecule has 3 N–H and O–H groups in total. The van der Waals surface area contributed by atoms with Crippen molar-refractivity contribution in [3.05, 3.63) is 77.6 Å². The van der Waals surface area contributed by atoms with Gasteiger partial charge in [-0.05, 0) is 39.8 Å². The largest absolute Gasteiger partial charge is 0.496 e. The fourth-order valence-electron chi connectivity index (χ4n) is 3.80. The number of H-pyrrole nitrogens is 2. The lowest BCUT2D eigenvalue weighted by Gasteiger charge is -2.13. The number of methoxy groups -OCH3 is 1. The lowest BCUT2D eigenvalue weighted by molar-refractivity contribution is 0.0699. The number of carboxylic acid groups (broad SMARTS) is 1. The number of ether oxygens (including phenoxy) is 1. The summed E-state index contributed by atoms with van der Waals surface area (Å²) in [6.07, 6.45) is 0.498. The van der Waals surface area contributed by atoms with Gasteiger partial charge in [0.05, 0.1) is 23.7 Å². The van der Waals surface area contributed by atoms with Crippen LogP contribution in [-0.4, -0.2) is 48.8 Å². The maximum Gasteiger partial charge on any atom is 0.337 e. The lowest BCUT2D eigenvalue weighted by Crippen LogP contribution is -1.97. The van der Waals surface area contributed by atoms with Gasteiger partial charge in [-0.25, -0.2) is 14.9 Å². The van der Waals surface area contributed by atoms with Crippen molar-refractivity contribution in [2.45, 2.75) is 6.42 Å². The maximum absolute atomic E-state index is 11.5. The van der Waals surface area contributed by atoms with E-state index in [1.165, 1.54) is 0 Å².